The second-order valence-corrected chi connectivity index (χ2v) is 7.40. The standard InChI is InChI=1S/C21H29N5O/c1-15(24-20(27)13-17-9-7-8-12-22-17)19-14-23-21(25-16(19)2)26(3)18-10-5-4-6-11-18/h7-9,12,14-15,18H,4-6,10-11,13H2,1-3H3,(H,24,27). The highest BCUT2D eigenvalue weighted by Crippen LogP contribution is 2.25. The molecule has 2 aromatic rings. The lowest BCUT2D eigenvalue weighted by atomic mass is 9.95. The number of hydrogen-bond donors (Lipinski definition) is 1. The summed E-state index contributed by atoms with van der Waals surface area (Å²) in [6, 6.07) is 5.97. The summed E-state index contributed by atoms with van der Waals surface area (Å²) in [5.74, 6) is 0.721. The molecular weight excluding hydrogens is 338 g/mol. The van der Waals surface area contributed by atoms with Crippen molar-refractivity contribution in [2.75, 3.05) is 11.9 Å². The summed E-state index contributed by atoms with van der Waals surface area (Å²) in [6.07, 6.45) is 10.1. The second-order valence-electron chi connectivity index (χ2n) is 7.40. The Bertz CT molecular complexity index is 758. The van der Waals surface area contributed by atoms with E-state index in [4.69, 9.17) is 4.98 Å². The van der Waals surface area contributed by atoms with Gasteiger partial charge in [0, 0.05) is 42.4 Å². The Morgan fingerprint density at radius 2 is 2.04 bits per heavy atom. The minimum Gasteiger partial charge on any atom is -0.349 e. The number of hydrogen-bond acceptors (Lipinski definition) is 5. The highest BCUT2D eigenvalue weighted by atomic mass is 16.1. The van der Waals surface area contributed by atoms with Gasteiger partial charge in [0.1, 0.15) is 0 Å². The van der Waals surface area contributed by atoms with E-state index in [1.807, 2.05) is 38.2 Å². The van der Waals surface area contributed by atoms with Gasteiger partial charge in [0.2, 0.25) is 11.9 Å². The number of anilines is 1. The van der Waals surface area contributed by atoms with Crippen LogP contribution in [0.4, 0.5) is 5.95 Å². The highest BCUT2D eigenvalue weighted by Gasteiger charge is 2.21. The largest absolute Gasteiger partial charge is 0.349 e. The minimum atomic E-state index is -0.143. The predicted octanol–water partition coefficient (Wildman–Crippen LogP) is 3.37. The van der Waals surface area contributed by atoms with Crippen LogP contribution in [0.2, 0.25) is 0 Å². The zero-order valence-electron chi connectivity index (χ0n) is 16.5. The molecule has 2 heterocycles. The fourth-order valence-corrected chi connectivity index (χ4v) is 3.73. The molecule has 0 bridgehead atoms. The van der Waals surface area contributed by atoms with Gasteiger partial charge in [-0.15, -0.1) is 0 Å². The van der Waals surface area contributed by atoms with E-state index in [0.29, 0.717) is 6.04 Å². The molecule has 1 aliphatic carbocycles. The van der Waals surface area contributed by atoms with E-state index < -0.39 is 0 Å². The van der Waals surface area contributed by atoms with Gasteiger partial charge in [-0.2, -0.15) is 0 Å². The number of rotatable bonds is 6. The summed E-state index contributed by atoms with van der Waals surface area (Å²) in [5.41, 5.74) is 2.62. The topological polar surface area (TPSA) is 71.0 Å². The SMILES string of the molecule is Cc1nc(N(C)C2CCCCC2)ncc1C(C)NC(=O)Cc1ccccn1. The van der Waals surface area contributed by atoms with Crippen molar-refractivity contribution >= 4 is 11.9 Å². The monoisotopic (exact) mass is 367 g/mol. The number of aromatic nitrogens is 3. The van der Waals surface area contributed by atoms with Crippen molar-refractivity contribution in [3.8, 4) is 0 Å². The number of carbonyl (C=O) groups excluding carboxylic acids is 1. The third kappa shape index (κ3) is 5.02. The number of amides is 1. The van der Waals surface area contributed by atoms with E-state index in [-0.39, 0.29) is 18.4 Å². The average Bonchev–Trinajstić information content (AvgIpc) is 2.68. The summed E-state index contributed by atoms with van der Waals surface area (Å²) in [7, 11) is 2.09. The van der Waals surface area contributed by atoms with E-state index >= 15 is 0 Å². The van der Waals surface area contributed by atoms with Crippen LogP contribution in [0.3, 0.4) is 0 Å². The van der Waals surface area contributed by atoms with Crippen LogP contribution in [-0.2, 0) is 11.2 Å². The Kier molecular flexibility index (Phi) is 6.37. The van der Waals surface area contributed by atoms with Crippen molar-refractivity contribution in [3.63, 3.8) is 0 Å². The van der Waals surface area contributed by atoms with Gasteiger partial charge in [0.15, 0.2) is 0 Å². The lowest BCUT2D eigenvalue weighted by Gasteiger charge is -2.31. The predicted molar refractivity (Wildman–Crippen MR) is 107 cm³/mol. The normalized spacial score (nSPS) is 16.0. The molecule has 1 N–H and O–H groups in total. The van der Waals surface area contributed by atoms with Crippen molar-refractivity contribution < 1.29 is 4.79 Å². The Hall–Kier alpha value is -2.50. The molecule has 144 valence electrons. The van der Waals surface area contributed by atoms with Crippen molar-refractivity contribution in [2.24, 2.45) is 0 Å². The maximum atomic E-state index is 12.3. The summed E-state index contributed by atoms with van der Waals surface area (Å²) < 4.78 is 0. The van der Waals surface area contributed by atoms with Gasteiger partial charge in [-0.3, -0.25) is 9.78 Å². The maximum absolute atomic E-state index is 12.3. The first-order chi connectivity index (χ1) is 13.0. The molecule has 6 heteroatoms. The minimum absolute atomic E-state index is 0.0519. The summed E-state index contributed by atoms with van der Waals surface area (Å²) >= 11 is 0. The Labute approximate surface area is 161 Å². The Balaban J connectivity index is 1.63. The van der Waals surface area contributed by atoms with Crippen LogP contribution in [0.25, 0.3) is 0 Å². The van der Waals surface area contributed by atoms with Gasteiger partial charge >= 0.3 is 0 Å². The lowest BCUT2D eigenvalue weighted by molar-refractivity contribution is -0.121. The van der Waals surface area contributed by atoms with Crippen LogP contribution in [0, 0.1) is 6.92 Å². The molecule has 2 aromatic heterocycles. The molecule has 0 spiro atoms. The molecule has 1 saturated carbocycles. The first kappa shape index (κ1) is 19.3. The van der Waals surface area contributed by atoms with Crippen LogP contribution in [0.15, 0.2) is 30.6 Å². The molecular formula is C21H29N5O. The molecule has 0 aromatic carbocycles. The molecule has 6 nitrogen and oxygen atoms in total. The third-order valence-corrected chi connectivity index (χ3v) is 5.35. The zero-order chi connectivity index (χ0) is 19.2. The van der Waals surface area contributed by atoms with E-state index in [0.717, 1.165) is 22.9 Å². The van der Waals surface area contributed by atoms with E-state index in [1.54, 1.807) is 6.20 Å². The fourth-order valence-electron chi connectivity index (χ4n) is 3.73. The molecule has 0 saturated heterocycles. The summed E-state index contributed by atoms with van der Waals surface area (Å²) in [6.45, 7) is 3.95. The number of nitrogens with zero attached hydrogens (tertiary/aromatic N) is 4. The first-order valence-corrected chi connectivity index (χ1v) is 9.80. The zero-order valence-corrected chi connectivity index (χ0v) is 16.5. The van der Waals surface area contributed by atoms with Crippen LogP contribution in [-0.4, -0.2) is 33.9 Å². The first-order valence-electron chi connectivity index (χ1n) is 9.80. The fraction of sp³-hybridized carbons (Fsp3) is 0.524. The van der Waals surface area contributed by atoms with Gasteiger partial charge < -0.3 is 10.2 Å². The van der Waals surface area contributed by atoms with Crippen molar-refractivity contribution in [1.29, 1.82) is 0 Å². The van der Waals surface area contributed by atoms with Crippen LogP contribution < -0.4 is 10.2 Å². The molecule has 1 unspecified atom stereocenters. The number of nitrogens with one attached hydrogen (secondary N) is 1. The molecule has 0 aliphatic heterocycles. The summed E-state index contributed by atoms with van der Waals surface area (Å²) in [5, 5.41) is 3.03. The van der Waals surface area contributed by atoms with Crippen LogP contribution in [0.1, 0.15) is 62.0 Å². The highest BCUT2D eigenvalue weighted by molar-refractivity contribution is 5.78. The van der Waals surface area contributed by atoms with E-state index in [1.165, 1.54) is 32.1 Å². The van der Waals surface area contributed by atoms with Gasteiger partial charge in [0.05, 0.1) is 12.5 Å². The van der Waals surface area contributed by atoms with Gasteiger partial charge in [-0.1, -0.05) is 25.3 Å². The maximum Gasteiger partial charge on any atom is 0.226 e. The number of pyridine rings is 1. The average molecular weight is 367 g/mol. The van der Waals surface area contributed by atoms with E-state index in [2.05, 4.69) is 27.2 Å². The van der Waals surface area contributed by atoms with Gasteiger partial charge in [-0.25, -0.2) is 9.97 Å². The van der Waals surface area contributed by atoms with Crippen LogP contribution >= 0.6 is 0 Å². The molecule has 27 heavy (non-hydrogen) atoms. The molecule has 1 fully saturated rings. The van der Waals surface area contributed by atoms with Gasteiger partial charge in [0.25, 0.3) is 0 Å². The smallest absolute Gasteiger partial charge is 0.226 e. The quantitative estimate of drug-likeness (QED) is 0.848. The second kappa shape index (κ2) is 8.93. The summed E-state index contributed by atoms with van der Waals surface area (Å²) in [4.78, 5) is 28.0. The molecule has 1 atom stereocenters. The van der Waals surface area contributed by atoms with Crippen molar-refractivity contribution in [2.45, 2.75) is 64.5 Å². The molecule has 0 radical (unpaired) electrons. The lowest BCUT2D eigenvalue weighted by Crippen LogP contribution is -2.35. The Morgan fingerprint density at radius 1 is 1.26 bits per heavy atom. The number of aryl methyl sites for hydroxylation is 1. The van der Waals surface area contributed by atoms with Crippen LogP contribution in [0.5, 0.6) is 0 Å². The molecule has 1 aliphatic rings. The third-order valence-electron chi connectivity index (χ3n) is 5.35. The number of carbonyl (C=O) groups is 1. The van der Waals surface area contributed by atoms with E-state index in [9.17, 15) is 4.79 Å². The van der Waals surface area contributed by atoms with Crippen molar-refractivity contribution in [3.05, 3.63) is 47.5 Å². The molecule has 1 amide bonds. The Morgan fingerprint density at radius 3 is 2.70 bits per heavy atom. The van der Waals surface area contributed by atoms with Gasteiger partial charge in [-0.05, 0) is 38.8 Å². The molecule has 3 rings (SSSR count). The van der Waals surface area contributed by atoms with Crippen molar-refractivity contribution in [1.82, 2.24) is 20.3 Å².